The third kappa shape index (κ3) is 3.05. The molecule has 1 aromatic heterocycles. The molecule has 4 heteroatoms. The molecule has 0 saturated heterocycles. The zero-order valence-electron chi connectivity index (χ0n) is 10.4. The Balaban J connectivity index is 2.08. The first-order chi connectivity index (χ1) is 8.66. The SMILES string of the molecule is CC(N)CCNC(=O)c1ccc2ncccc2c1. The van der Waals surface area contributed by atoms with E-state index in [2.05, 4.69) is 10.3 Å². The van der Waals surface area contributed by atoms with E-state index in [9.17, 15) is 4.79 Å². The Hall–Kier alpha value is -1.94. The summed E-state index contributed by atoms with van der Waals surface area (Å²) in [5.74, 6) is -0.0681. The second-order valence-electron chi connectivity index (χ2n) is 4.43. The molecule has 2 aromatic rings. The Kier molecular flexibility index (Phi) is 3.89. The molecule has 94 valence electrons. The highest BCUT2D eigenvalue weighted by Gasteiger charge is 2.06. The number of rotatable bonds is 4. The van der Waals surface area contributed by atoms with Gasteiger partial charge >= 0.3 is 0 Å². The van der Waals surface area contributed by atoms with Gasteiger partial charge in [-0.1, -0.05) is 6.07 Å². The molecule has 0 saturated carbocycles. The number of hydrogen-bond donors (Lipinski definition) is 2. The van der Waals surface area contributed by atoms with Crippen molar-refractivity contribution in [2.75, 3.05) is 6.54 Å². The van der Waals surface area contributed by atoms with Gasteiger partial charge in [-0.15, -0.1) is 0 Å². The maximum Gasteiger partial charge on any atom is 0.251 e. The Morgan fingerprint density at radius 3 is 3.06 bits per heavy atom. The van der Waals surface area contributed by atoms with Gasteiger partial charge in [0.05, 0.1) is 5.52 Å². The molecule has 2 rings (SSSR count). The van der Waals surface area contributed by atoms with Crippen LogP contribution in [0.25, 0.3) is 10.9 Å². The molecule has 4 nitrogen and oxygen atoms in total. The maximum atomic E-state index is 11.9. The molecule has 1 aromatic carbocycles. The molecule has 1 amide bonds. The van der Waals surface area contributed by atoms with Gasteiger partial charge in [0.25, 0.3) is 5.91 Å². The van der Waals surface area contributed by atoms with Gasteiger partial charge in [-0.05, 0) is 37.6 Å². The predicted molar refractivity (Wildman–Crippen MR) is 72.3 cm³/mol. The fourth-order valence-corrected chi connectivity index (χ4v) is 1.73. The highest BCUT2D eigenvalue weighted by atomic mass is 16.1. The largest absolute Gasteiger partial charge is 0.352 e. The van der Waals surface area contributed by atoms with Gasteiger partial charge < -0.3 is 11.1 Å². The van der Waals surface area contributed by atoms with E-state index in [1.54, 1.807) is 12.3 Å². The first kappa shape index (κ1) is 12.5. The highest BCUT2D eigenvalue weighted by molar-refractivity contribution is 5.97. The van der Waals surface area contributed by atoms with Crippen LogP contribution < -0.4 is 11.1 Å². The topological polar surface area (TPSA) is 68.0 Å². The van der Waals surface area contributed by atoms with Crippen LogP contribution in [-0.2, 0) is 0 Å². The summed E-state index contributed by atoms with van der Waals surface area (Å²) in [4.78, 5) is 16.1. The number of nitrogens with zero attached hydrogens (tertiary/aromatic N) is 1. The van der Waals surface area contributed by atoms with Gasteiger partial charge in [-0.25, -0.2) is 0 Å². The zero-order valence-corrected chi connectivity index (χ0v) is 10.4. The molecule has 1 unspecified atom stereocenters. The second kappa shape index (κ2) is 5.60. The summed E-state index contributed by atoms with van der Waals surface area (Å²) >= 11 is 0. The van der Waals surface area contributed by atoms with Crippen molar-refractivity contribution >= 4 is 16.8 Å². The lowest BCUT2D eigenvalue weighted by Gasteiger charge is -2.07. The minimum atomic E-state index is -0.0681. The summed E-state index contributed by atoms with van der Waals surface area (Å²) in [5.41, 5.74) is 7.18. The third-order valence-corrected chi connectivity index (χ3v) is 2.75. The van der Waals surface area contributed by atoms with Gasteiger partial charge in [0.15, 0.2) is 0 Å². The van der Waals surface area contributed by atoms with Gasteiger partial charge in [0.1, 0.15) is 0 Å². The van der Waals surface area contributed by atoms with Gasteiger partial charge in [-0.2, -0.15) is 0 Å². The molecular formula is C14H17N3O. The monoisotopic (exact) mass is 243 g/mol. The summed E-state index contributed by atoms with van der Waals surface area (Å²) in [6.45, 7) is 2.52. The normalized spacial score (nSPS) is 12.3. The molecule has 0 spiro atoms. The quantitative estimate of drug-likeness (QED) is 0.858. The lowest BCUT2D eigenvalue weighted by molar-refractivity contribution is 0.0953. The first-order valence-electron chi connectivity index (χ1n) is 6.05. The van der Waals surface area contributed by atoms with Crippen LogP contribution in [0.15, 0.2) is 36.5 Å². The van der Waals surface area contributed by atoms with Crippen molar-refractivity contribution < 1.29 is 4.79 Å². The summed E-state index contributed by atoms with van der Waals surface area (Å²) in [7, 11) is 0. The van der Waals surface area contributed by atoms with Crippen molar-refractivity contribution in [3.8, 4) is 0 Å². The second-order valence-corrected chi connectivity index (χ2v) is 4.43. The number of aromatic nitrogens is 1. The van der Waals surface area contributed by atoms with Gasteiger partial charge in [0.2, 0.25) is 0 Å². The number of hydrogen-bond acceptors (Lipinski definition) is 3. The highest BCUT2D eigenvalue weighted by Crippen LogP contribution is 2.13. The Bertz CT molecular complexity index is 551. The van der Waals surface area contributed by atoms with E-state index in [0.717, 1.165) is 17.3 Å². The molecule has 0 aliphatic heterocycles. The van der Waals surface area contributed by atoms with Crippen molar-refractivity contribution in [3.05, 3.63) is 42.1 Å². The van der Waals surface area contributed by atoms with E-state index in [4.69, 9.17) is 5.73 Å². The Labute approximate surface area is 106 Å². The molecule has 0 aliphatic rings. The molecule has 0 radical (unpaired) electrons. The molecule has 0 bridgehead atoms. The number of carbonyl (C=O) groups is 1. The average Bonchev–Trinajstić information content (AvgIpc) is 2.37. The van der Waals surface area contributed by atoms with E-state index in [1.165, 1.54) is 0 Å². The number of nitrogens with two attached hydrogens (primary N) is 1. The number of amides is 1. The van der Waals surface area contributed by atoms with Crippen molar-refractivity contribution in [1.82, 2.24) is 10.3 Å². The van der Waals surface area contributed by atoms with E-state index >= 15 is 0 Å². The lowest BCUT2D eigenvalue weighted by Crippen LogP contribution is -2.28. The number of carbonyl (C=O) groups excluding carboxylic acids is 1. The van der Waals surface area contributed by atoms with Crippen LogP contribution in [0.5, 0.6) is 0 Å². The molecule has 0 aliphatic carbocycles. The summed E-state index contributed by atoms with van der Waals surface area (Å²) in [5, 5.41) is 3.83. The van der Waals surface area contributed by atoms with Crippen LogP contribution in [0.4, 0.5) is 0 Å². The first-order valence-corrected chi connectivity index (χ1v) is 6.05. The molecule has 3 N–H and O–H groups in total. The van der Waals surface area contributed by atoms with E-state index < -0.39 is 0 Å². The number of pyridine rings is 1. The molecule has 1 heterocycles. The van der Waals surface area contributed by atoms with Crippen molar-refractivity contribution in [2.24, 2.45) is 5.73 Å². The minimum Gasteiger partial charge on any atom is -0.352 e. The van der Waals surface area contributed by atoms with Gasteiger partial charge in [-0.3, -0.25) is 9.78 Å². The third-order valence-electron chi connectivity index (χ3n) is 2.75. The van der Waals surface area contributed by atoms with Crippen LogP contribution >= 0.6 is 0 Å². The van der Waals surface area contributed by atoms with Crippen molar-refractivity contribution in [1.29, 1.82) is 0 Å². The van der Waals surface area contributed by atoms with Crippen LogP contribution in [0, 0.1) is 0 Å². The zero-order chi connectivity index (χ0) is 13.0. The average molecular weight is 243 g/mol. The summed E-state index contributed by atoms with van der Waals surface area (Å²) in [6.07, 6.45) is 2.52. The fourth-order valence-electron chi connectivity index (χ4n) is 1.73. The molecule has 18 heavy (non-hydrogen) atoms. The van der Waals surface area contributed by atoms with Gasteiger partial charge in [0, 0.05) is 29.7 Å². The van der Waals surface area contributed by atoms with E-state index in [0.29, 0.717) is 12.1 Å². The van der Waals surface area contributed by atoms with Crippen molar-refractivity contribution in [3.63, 3.8) is 0 Å². The number of benzene rings is 1. The lowest BCUT2D eigenvalue weighted by atomic mass is 10.1. The van der Waals surface area contributed by atoms with Crippen LogP contribution in [0.1, 0.15) is 23.7 Å². The molecule has 0 fully saturated rings. The predicted octanol–water partition coefficient (Wildman–Crippen LogP) is 1.70. The number of fused-ring (bicyclic) bond motifs is 1. The summed E-state index contributed by atoms with van der Waals surface area (Å²) < 4.78 is 0. The Morgan fingerprint density at radius 1 is 1.44 bits per heavy atom. The molecular weight excluding hydrogens is 226 g/mol. The van der Waals surface area contributed by atoms with Crippen molar-refractivity contribution in [2.45, 2.75) is 19.4 Å². The standard InChI is InChI=1S/C14H17N3O/c1-10(15)6-8-17-14(18)12-4-5-13-11(9-12)3-2-7-16-13/h2-5,7,9-10H,6,8,15H2,1H3,(H,17,18). The smallest absolute Gasteiger partial charge is 0.251 e. The minimum absolute atomic E-state index is 0.0681. The maximum absolute atomic E-state index is 11.9. The number of nitrogens with one attached hydrogen (secondary N) is 1. The van der Waals surface area contributed by atoms with E-state index in [-0.39, 0.29) is 11.9 Å². The van der Waals surface area contributed by atoms with Crippen LogP contribution in [0.3, 0.4) is 0 Å². The molecule has 1 atom stereocenters. The Morgan fingerprint density at radius 2 is 2.28 bits per heavy atom. The van der Waals surface area contributed by atoms with Crippen LogP contribution in [0.2, 0.25) is 0 Å². The van der Waals surface area contributed by atoms with E-state index in [1.807, 2.05) is 31.2 Å². The van der Waals surface area contributed by atoms with Crippen LogP contribution in [-0.4, -0.2) is 23.5 Å². The summed E-state index contributed by atoms with van der Waals surface area (Å²) in [6, 6.07) is 9.41. The fraction of sp³-hybridized carbons (Fsp3) is 0.286.